The number of halogens is 1. The van der Waals surface area contributed by atoms with Gasteiger partial charge in [0.25, 0.3) is 11.7 Å². The second kappa shape index (κ2) is 9.85. The molecule has 2 fully saturated rings. The zero-order chi connectivity index (χ0) is 24.5. The van der Waals surface area contributed by atoms with Gasteiger partial charge in [0.15, 0.2) is 0 Å². The van der Waals surface area contributed by atoms with Gasteiger partial charge < -0.3 is 9.80 Å². The van der Waals surface area contributed by atoms with Crippen LogP contribution in [0, 0.1) is 0 Å². The van der Waals surface area contributed by atoms with E-state index >= 15 is 0 Å². The first kappa shape index (κ1) is 22.9. The molecule has 2 aliphatic rings. The molecule has 0 radical (unpaired) electrons. The number of aromatic nitrogens is 5. The number of amides is 1. The van der Waals surface area contributed by atoms with E-state index in [1.54, 1.807) is 29.4 Å². The van der Waals surface area contributed by atoms with E-state index in [0.29, 0.717) is 49.4 Å². The van der Waals surface area contributed by atoms with Crippen molar-refractivity contribution < 1.29 is 4.79 Å². The maximum atomic E-state index is 12.9. The van der Waals surface area contributed by atoms with Gasteiger partial charge in [0.2, 0.25) is 5.95 Å². The Morgan fingerprint density at radius 2 is 1.67 bits per heavy atom. The number of hydrogen-bond acceptors (Lipinski definition) is 6. The number of carbonyl (C=O) groups excluding carboxylic acids is 1. The van der Waals surface area contributed by atoms with Crippen LogP contribution in [0.3, 0.4) is 0 Å². The third kappa shape index (κ3) is 4.41. The molecule has 0 bridgehead atoms. The molecule has 1 aliphatic heterocycles. The maximum absolute atomic E-state index is 12.9. The van der Waals surface area contributed by atoms with Crippen molar-refractivity contribution in [3.63, 3.8) is 0 Å². The average Bonchev–Trinajstić information content (AvgIpc) is 3.38. The van der Waals surface area contributed by atoms with E-state index < -0.39 is 0 Å². The van der Waals surface area contributed by atoms with E-state index in [2.05, 4.69) is 44.1 Å². The molecule has 0 spiro atoms. The summed E-state index contributed by atoms with van der Waals surface area (Å²) in [4.78, 5) is 29.9. The van der Waals surface area contributed by atoms with Crippen LogP contribution >= 0.6 is 11.6 Å². The summed E-state index contributed by atoms with van der Waals surface area (Å²) >= 11 is 6.12. The largest absolute Gasteiger partial charge is 0.336 e. The summed E-state index contributed by atoms with van der Waals surface area (Å²) in [5, 5.41) is 5.04. The summed E-state index contributed by atoms with van der Waals surface area (Å²) < 4.78 is 1.82. The van der Waals surface area contributed by atoms with Crippen molar-refractivity contribution in [3.8, 4) is 11.3 Å². The summed E-state index contributed by atoms with van der Waals surface area (Å²) in [5.41, 5.74) is 3.93. The predicted molar refractivity (Wildman–Crippen MR) is 139 cm³/mol. The first-order valence-corrected chi connectivity index (χ1v) is 13.0. The molecule has 0 atom stereocenters. The van der Waals surface area contributed by atoms with Crippen molar-refractivity contribution in [1.82, 2.24) is 29.5 Å². The van der Waals surface area contributed by atoms with E-state index in [0.717, 1.165) is 11.3 Å². The van der Waals surface area contributed by atoms with E-state index in [4.69, 9.17) is 16.7 Å². The second-order valence-corrected chi connectivity index (χ2v) is 9.89. The predicted octanol–water partition coefficient (Wildman–Crippen LogP) is 4.85. The zero-order valence-corrected chi connectivity index (χ0v) is 20.8. The summed E-state index contributed by atoms with van der Waals surface area (Å²) in [7, 11) is 0. The van der Waals surface area contributed by atoms with E-state index in [-0.39, 0.29) is 11.1 Å². The van der Waals surface area contributed by atoms with Gasteiger partial charge in [0.1, 0.15) is 5.15 Å². The minimum absolute atomic E-state index is 0.101. The Bertz CT molecular complexity index is 1370. The highest BCUT2D eigenvalue weighted by atomic mass is 35.5. The summed E-state index contributed by atoms with van der Waals surface area (Å²) in [6.07, 6.45) is 9.98. The van der Waals surface area contributed by atoms with E-state index in [1.807, 2.05) is 10.6 Å². The normalized spacial score (nSPS) is 17.0. The van der Waals surface area contributed by atoms with Gasteiger partial charge in [-0.15, -0.1) is 5.10 Å². The fourth-order valence-electron chi connectivity index (χ4n) is 5.32. The molecule has 9 heteroatoms. The van der Waals surface area contributed by atoms with Crippen molar-refractivity contribution in [2.24, 2.45) is 0 Å². The van der Waals surface area contributed by atoms with Crippen LogP contribution in [0.4, 0.5) is 5.95 Å². The molecular weight excluding hydrogens is 474 g/mol. The molecule has 6 rings (SSSR count). The standard InChI is InChI=1S/C27H28ClN7O/c28-24-22(7-4-13-29-24)25(36)33-15-17-34(18-16-33)27-31-26-30-14-12-23(35(26)32-27)21-10-8-20(9-11-21)19-5-2-1-3-6-19/h4,7-14,19H,1-3,5-6,15-18H2. The third-order valence-corrected chi connectivity index (χ3v) is 7.65. The van der Waals surface area contributed by atoms with Crippen molar-refractivity contribution in [1.29, 1.82) is 0 Å². The average molecular weight is 502 g/mol. The van der Waals surface area contributed by atoms with Crippen molar-refractivity contribution in [3.05, 3.63) is 71.1 Å². The van der Waals surface area contributed by atoms with Crippen LogP contribution < -0.4 is 4.90 Å². The van der Waals surface area contributed by atoms with Crippen LogP contribution in [0.5, 0.6) is 0 Å². The van der Waals surface area contributed by atoms with Crippen LogP contribution in [0.25, 0.3) is 17.0 Å². The molecule has 1 aliphatic carbocycles. The van der Waals surface area contributed by atoms with Gasteiger partial charge in [-0.25, -0.2) is 9.97 Å². The van der Waals surface area contributed by atoms with Gasteiger partial charge in [-0.2, -0.15) is 9.50 Å². The zero-order valence-electron chi connectivity index (χ0n) is 20.1. The molecule has 1 saturated heterocycles. The number of carbonyl (C=O) groups is 1. The molecule has 1 aromatic carbocycles. The number of piperazine rings is 1. The molecule has 8 nitrogen and oxygen atoms in total. The Balaban J connectivity index is 1.19. The van der Waals surface area contributed by atoms with Gasteiger partial charge in [0, 0.05) is 44.1 Å². The second-order valence-electron chi connectivity index (χ2n) is 9.53. The van der Waals surface area contributed by atoms with Crippen molar-refractivity contribution >= 4 is 29.2 Å². The topological polar surface area (TPSA) is 79.5 Å². The van der Waals surface area contributed by atoms with E-state index in [9.17, 15) is 4.79 Å². The minimum atomic E-state index is -0.101. The first-order chi connectivity index (χ1) is 17.7. The number of anilines is 1. The summed E-state index contributed by atoms with van der Waals surface area (Å²) in [6, 6.07) is 14.3. The third-order valence-electron chi connectivity index (χ3n) is 7.35. The Labute approximate surface area is 214 Å². The van der Waals surface area contributed by atoms with Crippen LogP contribution in [0.1, 0.15) is 53.9 Å². The molecule has 0 unspecified atom stereocenters. The van der Waals surface area contributed by atoms with Crippen molar-refractivity contribution in [2.45, 2.75) is 38.0 Å². The molecule has 1 saturated carbocycles. The first-order valence-electron chi connectivity index (χ1n) is 12.6. The quantitative estimate of drug-likeness (QED) is 0.372. The number of fused-ring (bicyclic) bond motifs is 1. The number of benzene rings is 1. The lowest BCUT2D eigenvalue weighted by molar-refractivity contribution is 0.0746. The van der Waals surface area contributed by atoms with Crippen LogP contribution in [-0.2, 0) is 0 Å². The maximum Gasteiger partial charge on any atom is 0.257 e. The SMILES string of the molecule is O=C(c1cccnc1Cl)N1CCN(c2nc3nccc(-c4ccc(C5CCCCC5)cc4)n3n2)CC1. The molecule has 184 valence electrons. The van der Waals surface area contributed by atoms with Gasteiger partial charge in [0.05, 0.1) is 11.3 Å². The van der Waals surface area contributed by atoms with Crippen LogP contribution in [0.15, 0.2) is 54.9 Å². The highest BCUT2D eigenvalue weighted by Crippen LogP contribution is 2.33. The molecule has 4 aromatic rings. The van der Waals surface area contributed by atoms with Crippen LogP contribution in [0.2, 0.25) is 5.15 Å². The number of hydrogen-bond donors (Lipinski definition) is 0. The van der Waals surface area contributed by atoms with E-state index in [1.165, 1.54) is 37.7 Å². The smallest absolute Gasteiger partial charge is 0.257 e. The molecule has 4 heterocycles. The molecule has 3 aromatic heterocycles. The summed E-state index contributed by atoms with van der Waals surface area (Å²) in [5.74, 6) is 1.78. The Kier molecular flexibility index (Phi) is 6.27. The fraction of sp³-hybridized carbons (Fsp3) is 0.370. The van der Waals surface area contributed by atoms with Crippen LogP contribution in [-0.4, -0.2) is 61.6 Å². The van der Waals surface area contributed by atoms with Gasteiger partial charge in [-0.05, 0) is 42.5 Å². The number of rotatable bonds is 4. The number of pyridine rings is 1. The summed E-state index contributed by atoms with van der Waals surface area (Å²) in [6.45, 7) is 2.38. The highest BCUT2D eigenvalue weighted by molar-refractivity contribution is 6.32. The molecule has 1 amide bonds. The van der Waals surface area contributed by atoms with Gasteiger partial charge in [-0.3, -0.25) is 4.79 Å². The van der Waals surface area contributed by atoms with Crippen molar-refractivity contribution in [2.75, 3.05) is 31.1 Å². The molecule has 36 heavy (non-hydrogen) atoms. The lowest BCUT2D eigenvalue weighted by atomic mass is 9.84. The molecule has 0 N–H and O–H groups in total. The Morgan fingerprint density at radius 1 is 0.889 bits per heavy atom. The monoisotopic (exact) mass is 501 g/mol. The Morgan fingerprint density at radius 3 is 2.42 bits per heavy atom. The fourth-order valence-corrected chi connectivity index (χ4v) is 5.52. The Hall–Kier alpha value is -3.52. The van der Waals surface area contributed by atoms with Gasteiger partial charge in [-0.1, -0.05) is 55.1 Å². The highest BCUT2D eigenvalue weighted by Gasteiger charge is 2.26. The minimum Gasteiger partial charge on any atom is -0.336 e. The lowest BCUT2D eigenvalue weighted by Crippen LogP contribution is -2.49. The lowest BCUT2D eigenvalue weighted by Gasteiger charge is -2.34. The number of nitrogens with zero attached hydrogens (tertiary/aromatic N) is 7. The molecular formula is C27H28ClN7O. The van der Waals surface area contributed by atoms with Gasteiger partial charge >= 0.3 is 0 Å².